The van der Waals surface area contributed by atoms with Crippen LogP contribution in [0.5, 0.6) is 0 Å². The van der Waals surface area contributed by atoms with Crippen LogP contribution >= 0.6 is 11.6 Å². The molecule has 1 saturated heterocycles. The molecule has 0 saturated carbocycles. The monoisotopic (exact) mass is 579 g/mol. The van der Waals surface area contributed by atoms with Gasteiger partial charge in [0, 0.05) is 25.7 Å². The minimum Gasteiger partial charge on any atom is -0.377 e. The number of ether oxygens (including phenoxy) is 1. The third-order valence-corrected chi connectivity index (χ3v) is 7.28. The van der Waals surface area contributed by atoms with Crippen LogP contribution < -0.4 is 21.1 Å². The summed E-state index contributed by atoms with van der Waals surface area (Å²) in [6, 6.07) is 2.88. The van der Waals surface area contributed by atoms with Crippen LogP contribution in [0.2, 0.25) is 5.02 Å². The van der Waals surface area contributed by atoms with Gasteiger partial charge in [-0.25, -0.2) is 0 Å². The van der Waals surface area contributed by atoms with Crippen LogP contribution in [-0.4, -0.2) is 64.0 Å². The molecule has 214 valence electrons. The zero-order chi connectivity index (χ0) is 28.6. The van der Waals surface area contributed by atoms with E-state index in [4.69, 9.17) is 16.3 Å². The Morgan fingerprint density at radius 1 is 1.32 bits per heavy atom. The van der Waals surface area contributed by atoms with Gasteiger partial charge in [0.2, 0.25) is 11.7 Å². The van der Waals surface area contributed by atoms with E-state index in [0.717, 1.165) is 23.8 Å². The number of halogens is 4. The van der Waals surface area contributed by atoms with Gasteiger partial charge in [-0.05, 0) is 43.5 Å². The summed E-state index contributed by atoms with van der Waals surface area (Å²) in [5, 5.41) is 10.3. The quantitative estimate of drug-likeness (QED) is 0.461. The lowest BCUT2D eigenvalue weighted by atomic mass is 10.1. The number of piperazine rings is 1. The summed E-state index contributed by atoms with van der Waals surface area (Å²) in [5.74, 6) is 0.0365. The van der Waals surface area contributed by atoms with Crippen molar-refractivity contribution in [3.8, 4) is 0 Å². The van der Waals surface area contributed by atoms with Gasteiger partial charge in [0.1, 0.15) is 12.2 Å². The van der Waals surface area contributed by atoms with Crippen molar-refractivity contribution in [3.63, 3.8) is 0 Å². The first-order valence-electron chi connectivity index (χ1n) is 13.0. The third-order valence-electron chi connectivity index (χ3n) is 6.97. The predicted molar refractivity (Wildman–Crippen MR) is 145 cm³/mol. The highest BCUT2D eigenvalue weighted by molar-refractivity contribution is 6.33. The maximum atomic E-state index is 13.8. The van der Waals surface area contributed by atoms with Gasteiger partial charge in [-0.15, -0.1) is 5.10 Å². The molecule has 1 aromatic carbocycles. The number of anilines is 2. The molecule has 3 aromatic rings. The minimum atomic E-state index is -4.56. The molecule has 0 radical (unpaired) electrons. The molecule has 10 nitrogen and oxygen atoms in total. The van der Waals surface area contributed by atoms with Gasteiger partial charge >= 0.3 is 6.18 Å². The maximum absolute atomic E-state index is 13.8. The number of fused-ring (bicyclic) bond motifs is 1. The Morgan fingerprint density at radius 2 is 2.12 bits per heavy atom. The number of nitrogens with zero attached hydrogens (tertiary/aromatic N) is 5. The second-order valence-corrected chi connectivity index (χ2v) is 10.2. The smallest absolute Gasteiger partial charge is 0.377 e. The first-order chi connectivity index (χ1) is 19.1. The maximum Gasteiger partial charge on any atom is 0.416 e. The molecular weight excluding hydrogens is 551 g/mol. The molecule has 5 rings (SSSR count). The molecule has 2 aromatic heterocycles. The molecule has 4 heterocycles. The Balaban J connectivity index is 1.57. The van der Waals surface area contributed by atoms with Crippen molar-refractivity contribution in [2.75, 3.05) is 43.1 Å². The molecule has 1 amide bonds. The van der Waals surface area contributed by atoms with Crippen molar-refractivity contribution in [2.45, 2.75) is 45.5 Å². The van der Waals surface area contributed by atoms with Crippen LogP contribution in [0.25, 0.3) is 11.4 Å². The van der Waals surface area contributed by atoms with Crippen molar-refractivity contribution >= 4 is 40.2 Å². The first-order valence-corrected chi connectivity index (χ1v) is 13.4. The van der Waals surface area contributed by atoms with E-state index in [0.29, 0.717) is 62.9 Å². The van der Waals surface area contributed by atoms with Crippen LogP contribution in [0, 0.1) is 0 Å². The fourth-order valence-electron chi connectivity index (χ4n) is 5.06. The summed E-state index contributed by atoms with van der Waals surface area (Å²) in [6.07, 6.45) is -1.69. The Kier molecular flexibility index (Phi) is 7.89. The van der Waals surface area contributed by atoms with Gasteiger partial charge in [0.25, 0.3) is 5.56 Å². The number of amides is 1. The molecule has 0 spiro atoms. The third kappa shape index (κ3) is 5.58. The van der Waals surface area contributed by atoms with Gasteiger partial charge < -0.3 is 24.8 Å². The Labute approximate surface area is 232 Å². The van der Waals surface area contributed by atoms with Gasteiger partial charge in [0.15, 0.2) is 5.82 Å². The number of benzene rings is 1. The molecule has 2 aliphatic heterocycles. The second kappa shape index (κ2) is 11.2. The second-order valence-electron chi connectivity index (χ2n) is 9.78. The SMILES string of the molecule is CCc1c(N2CCN[C@H](C)C2)c(=O)n2nc(C3=CCOCC3)nc2n1CC(=O)Nc1ccc(C(F)(F)F)cc1Cl. The number of hydrogen-bond donors (Lipinski definition) is 2. The topological polar surface area (TPSA) is 106 Å². The predicted octanol–water partition coefficient (Wildman–Crippen LogP) is 3.37. The average molecular weight is 580 g/mol. The van der Waals surface area contributed by atoms with E-state index in [2.05, 4.69) is 20.7 Å². The molecular formula is C26H29ClF3N7O3. The van der Waals surface area contributed by atoms with Gasteiger partial charge in [-0.2, -0.15) is 22.7 Å². The number of aromatic nitrogens is 4. The summed E-state index contributed by atoms with van der Waals surface area (Å²) in [4.78, 5) is 33.7. The number of hydrogen-bond acceptors (Lipinski definition) is 7. The standard InChI is InChI=1S/C26H29ClF3N7O3/c1-3-20-22(35-9-8-31-15(2)13-35)24(39)37-25(33-23(34-37)16-6-10-40-11-7-16)36(20)14-21(38)32-19-5-4-17(12-18(19)27)26(28,29)30/h4-6,12,15,31H,3,7-11,13-14H2,1-2H3,(H,32,38)/t15-/m1/s1. The molecule has 1 fully saturated rings. The fourth-order valence-corrected chi connectivity index (χ4v) is 5.28. The number of rotatable bonds is 6. The average Bonchev–Trinajstić information content (AvgIpc) is 3.37. The summed E-state index contributed by atoms with van der Waals surface area (Å²) in [7, 11) is 0. The van der Waals surface area contributed by atoms with Crippen LogP contribution in [0.1, 0.15) is 37.4 Å². The molecule has 0 unspecified atom stereocenters. The number of carbonyl (C=O) groups excluding carboxylic acids is 1. The molecule has 0 bridgehead atoms. The normalized spacial score (nSPS) is 18.2. The number of nitrogens with one attached hydrogen (secondary N) is 2. The van der Waals surface area contributed by atoms with Crippen molar-refractivity contribution in [1.29, 1.82) is 0 Å². The first kappa shape index (κ1) is 28.1. The molecule has 2 N–H and O–H groups in total. The van der Waals surface area contributed by atoms with E-state index in [1.807, 2.05) is 24.8 Å². The van der Waals surface area contributed by atoms with Crippen molar-refractivity contribution in [2.24, 2.45) is 0 Å². The highest BCUT2D eigenvalue weighted by Gasteiger charge is 2.31. The Hall–Kier alpha value is -3.42. The van der Waals surface area contributed by atoms with E-state index in [1.165, 1.54) is 4.52 Å². The highest BCUT2D eigenvalue weighted by Crippen LogP contribution is 2.34. The van der Waals surface area contributed by atoms with E-state index in [-0.39, 0.29) is 34.6 Å². The lowest BCUT2D eigenvalue weighted by Gasteiger charge is -2.34. The highest BCUT2D eigenvalue weighted by atomic mass is 35.5. The van der Waals surface area contributed by atoms with Gasteiger partial charge in [-0.1, -0.05) is 24.6 Å². The molecule has 2 aliphatic rings. The zero-order valence-electron chi connectivity index (χ0n) is 22.0. The molecule has 1 atom stereocenters. The van der Waals surface area contributed by atoms with Gasteiger partial charge in [0.05, 0.1) is 35.2 Å². The van der Waals surface area contributed by atoms with Crippen LogP contribution in [0.3, 0.4) is 0 Å². The lowest BCUT2D eigenvalue weighted by Crippen LogP contribution is -2.51. The molecule has 40 heavy (non-hydrogen) atoms. The Morgan fingerprint density at radius 3 is 2.77 bits per heavy atom. The zero-order valence-corrected chi connectivity index (χ0v) is 22.8. The van der Waals surface area contributed by atoms with E-state index in [1.54, 1.807) is 4.57 Å². The minimum absolute atomic E-state index is 0.0421. The van der Waals surface area contributed by atoms with Crippen LogP contribution in [0.15, 0.2) is 29.1 Å². The lowest BCUT2D eigenvalue weighted by molar-refractivity contribution is -0.137. The van der Waals surface area contributed by atoms with Crippen molar-refractivity contribution in [1.82, 2.24) is 24.5 Å². The van der Waals surface area contributed by atoms with Gasteiger partial charge in [-0.3, -0.25) is 9.59 Å². The van der Waals surface area contributed by atoms with Crippen molar-refractivity contribution < 1.29 is 22.7 Å². The Bertz CT molecular complexity index is 1530. The largest absolute Gasteiger partial charge is 0.416 e. The van der Waals surface area contributed by atoms with Crippen LogP contribution in [0.4, 0.5) is 24.5 Å². The number of alkyl halides is 3. The van der Waals surface area contributed by atoms with E-state index in [9.17, 15) is 22.8 Å². The summed E-state index contributed by atoms with van der Waals surface area (Å²) in [6.45, 7) is 6.44. The van der Waals surface area contributed by atoms with Crippen LogP contribution in [-0.2, 0) is 28.7 Å². The van der Waals surface area contributed by atoms with E-state index < -0.39 is 17.6 Å². The summed E-state index contributed by atoms with van der Waals surface area (Å²) < 4.78 is 47.4. The van der Waals surface area contributed by atoms with Crippen molar-refractivity contribution in [3.05, 3.63) is 56.7 Å². The van der Waals surface area contributed by atoms with E-state index >= 15 is 0 Å². The molecule has 0 aliphatic carbocycles. The fraction of sp³-hybridized carbons (Fsp3) is 0.462. The summed E-state index contributed by atoms with van der Waals surface area (Å²) >= 11 is 6.07. The molecule has 14 heteroatoms. The summed E-state index contributed by atoms with van der Waals surface area (Å²) in [5.41, 5.74) is 0.702. The number of carbonyl (C=O) groups is 1.